The molecule has 0 aromatic heterocycles. The van der Waals surface area contributed by atoms with Crippen LogP contribution in [-0.2, 0) is 0 Å². The summed E-state index contributed by atoms with van der Waals surface area (Å²) in [6.07, 6.45) is 2.02. The van der Waals surface area contributed by atoms with Crippen molar-refractivity contribution in [2.45, 2.75) is 17.9 Å². The Morgan fingerprint density at radius 3 is 2.25 bits per heavy atom. The van der Waals surface area contributed by atoms with Crippen molar-refractivity contribution in [3.63, 3.8) is 0 Å². The van der Waals surface area contributed by atoms with Crippen molar-refractivity contribution in [1.29, 1.82) is 0 Å². The molecule has 4 heteroatoms. The summed E-state index contributed by atoms with van der Waals surface area (Å²) in [4.78, 5) is 13.3. The molecule has 1 atom stereocenters. The van der Waals surface area contributed by atoms with E-state index in [0.29, 0.717) is 5.56 Å². The molecule has 0 radical (unpaired) electrons. The first-order chi connectivity index (χ1) is 9.60. The predicted octanol–water partition coefficient (Wildman–Crippen LogP) is 4.66. The third kappa shape index (κ3) is 3.87. The molecule has 0 saturated heterocycles. The molecule has 2 rings (SSSR count). The minimum atomic E-state index is -0.0481. The summed E-state index contributed by atoms with van der Waals surface area (Å²) in [5, 5.41) is 3.01. The Balaban J connectivity index is 2.04. The number of amides is 1. The van der Waals surface area contributed by atoms with Crippen LogP contribution in [0, 0.1) is 0 Å². The van der Waals surface area contributed by atoms with E-state index in [2.05, 4.69) is 21.2 Å². The van der Waals surface area contributed by atoms with E-state index in [1.54, 1.807) is 11.8 Å². The van der Waals surface area contributed by atoms with Crippen molar-refractivity contribution >= 4 is 33.6 Å². The first-order valence-corrected chi connectivity index (χ1v) is 8.32. The average molecular weight is 350 g/mol. The molecule has 0 unspecified atom stereocenters. The van der Waals surface area contributed by atoms with Gasteiger partial charge in [-0.25, -0.2) is 0 Å². The fourth-order valence-electron chi connectivity index (χ4n) is 1.86. The molecule has 0 aliphatic heterocycles. The van der Waals surface area contributed by atoms with Crippen LogP contribution in [0.2, 0.25) is 0 Å². The largest absolute Gasteiger partial charge is 0.346 e. The van der Waals surface area contributed by atoms with Crippen molar-refractivity contribution in [1.82, 2.24) is 5.32 Å². The third-order valence-corrected chi connectivity index (χ3v) is 4.34. The van der Waals surface area contributed by atoms with Crippen LogP contribution < -0.4 is 5.32 Å². The first-order valence-electron chi connectivity index (χ1n) is 6.30. The van der Waals surface area contributed by atoms with Gasteiger partial charge in [0.2, 0.25) is 0 Å². The molecule has 0 saturated carbocycles. The van der Waals surface area contributed by atoms with E-state index in [1.165, 1.54) is 0 Å². The van der Waals surface area contributed by atoms with Crippen LogP contribution in [0.3, 0.4) is 0 Å². The lowest BCUT2D eigenvalue weighted by Crippen LogP contribution is -2.26. The van der Waals surface area contributed by atoms with Crippen LogP contribution in [-0.4, -0.2) is 12.2 Å². The van der Waals surface area contributed by atoms with Gasteiger partial charge in [-0.05, 0) is 55.1 Å². The number of carbonyl (C=O) groups excluding carboxylic acids is 1. The Morgan fingerprint density at radius 2 is 1.70 bits per heavy atom. The van der Waals surface area contributed by atoms with Gasteiger partial charge < -0.3 is 5.32 Å². The highest BCUT2D eigenvalue weighted by Gasteiger charge is 2.11. The van der Waals surface area contributed by atoms with Crippen molar-refractivity contribution in [2.24, 2.45) is 0 Å². The Hall–Kier alpha value is -1.26. The number of hydrogen-bond acceptors (Lipinski definition) is 2. The molecular formula is C16H16BrNOS. The average Bonchev–Trinajstić information content (AvgIpc) is 2.48. The van der Waals surface area contributed by atoms with Crippen molar-refractivity contribution in [2.75, 3.05) is 6.26 Å². The number of halogens is 1. The minimum absolute atomic E-state index is 0.0178. The van der Waals surface area contributed by atoms with E-state index in [-0.39, 0.29) is 11.9 Å². The second kappa shape index (κ2) is 6.95. The smallest absolute Gasteiger partial charge is 0.251 e. The molecule has 1 amide bonds. The fraction of sp³-hybridized carbons (Fsp3) is 0.188. The molecular weight excluding hydrogens is 334 g/mol. The van der Waals surface area contributed by atoms with Gasteiger partial charge in [-0.2, -0.15) is 0 Å². The highest BCUT2D eigenvalue weighted by Crippen LogP contribution is 2.18. The van der Waals surface area contributed by atoms with E-state index in [9.17, 15) is 4.79 Å². The molecule has 1 N–H and O–H groups in total. The Bertz CT molecular complexity index is 580. The molecule has 2 nitrogen and oxygen atoms in total. The molecule has 0 aliphatic rings. The molecule has 0 aliphatic carbocycles. The van der Waals surface area contributed by atoms with E-state index < -0.39 is 0 Å². The predicted molar refractivity (Wildman–Crippen MR) is 88.2 cm³/mol. The second-order valence-electron chi connectivity index (χ2n) is 4.48. The van der Waals surface area contributed by atoms with E-state index in [1.807, 2.05) is 61.7 Å². The zero-order chi connectivity index (χ0) is 14.5. The molecule has 0 bridgehead atoms. The van der Waals surface area contributed by atoms with Gasteiger partial charge in [-0.3, -0.25) is 4.79 Å². The van der Waals surface area contributed by atoms with Gasteiger partial charge in [-0.1, -0.05) is 28.1 Å². The van der Waals surface area contributed by atoms with Crippen LogP contribution in [0.25, 0.3) is 0 Å². The zero-order valence-electron chi connectivity index (χ0n) is 11.4. The molecule has 2 aromatic rings. The maximum absolute atomic E-state index is 12.2. The summed E-state index contributed by atoms with van der Waals surface area (Å²) in [6.45, 7) is 1.98. The summed E-state index contributed by atoms with van der Waals surface area (Å²) in [6, 6.07) is 15.6. The summed E-state index contributed by atoms with van der Waals surface area (Å²) in [5.74, 6) is -0.0481. The van der Waals surface area contributed by atoms with Gasteiger partial charge in [0.1, 0.15) is 0 Å². The van der Waals surface area contributed by atoms with E-state index in [4.69, 9.17) is 0 Å². The summed E-state index contributed by atoms with van der Waals surface area (Å²) < 4.78 is 1.03. The topological polar surface area (TPSA) is 29.1 Å². The van der Waals surface area contributed by atoms with Crippen LogP contribution in [0.15, 0.2) is 57.9 Å². The van der Waals surface area contributed by atoms with Gasteiger partial charge in [0.25, 0.3) is 5.91 Å². The van der Waals surface area contributed by atoms with Crippen LogP contribution in [0.1, 0.15) is 28.9 Å². The van der Waals surface area contributed by atoms with Crippen molar-refractivity contribution in [3.8, 4) is 0 Å². The molecule has 20 heavy (non-hydrogen) atoms. The summed E-state index contributed by atoms with van der Waals surface area (Å²) in [7, 11) is 0. The van der Waals surface area contributed by atoms with Gasteiger partial charge in [0.05, 0.1) is 6.04 Å². The molecule has 0 spiro atoms. The number of carbonyl (C=O) groups is 1. The van der Waals surface area contributed by atoms with Gasteiger partial charge in [0, 0.05) is 14.9 Å². The molecule has 2 aromatic carbocycles. The lowest BCUT2D eigenvalue weighted by atomic mass is 10.1. The lowest BCUT2D eigenvalue weighted by molar-refractivity contribution is 0.0940. The normalized spacial score (nSPS) is 11.9. The minimum Gasteiger partial charge on any atom is -0.346 e. The van der Waals surface area contributed by atoms with Crippen molar-refractivity contribution in [3.05, 3.63) is 64.1 Å². The lowest BCUT2D eigenvalue weighted by Gasteiger charge is -2.14. The standard InChI is InChI=1S/C16H16BrNOS/c1-11(12-3-7-14(17)8-4-12)18-16(19)13-5-9-15(20-2)10-6-13/h3-11H,1-2H3,(H,18,19)/t11-/m0/s1. The van der Waals surface area contributed by atoms with Gasteiger partial charge in [0.15, 0.2) is 0 Å². The van der Waals surface area contributed by atoms with Crippen LogP contribution in [0.4, 0.5) is 0 Å². The van der Waals surface area contributed by atoms with Crippen LogP contribution >= 0.6 is 27.7 Å². The number of thioether (sulfide) groups is 1. The quantitative estimate of drug-likeness (QED) is 0.813. The number of nitrogens with one attached hydrogen (secondary N) is 1. The van der Waals surface area contributed by atoms with Crippen LogP contribution in [0.5, 0.6) is 0 Å². The maximum atomic E-state index is 12.2. The SMILES string of the molecule is CSc1ccc(C(=O)N[C@@H](C)c2ccc(Br)cc2)cc1. The second-order valence-corrected chi connectivity index (χ2v) is 6.27. The highest BCUT2D eigenvalue weighted by atomic mass is 79.9. The first kappa shape index (κ1) is 15.1. The molecule has 0 heterocycles. The number of benzene rings is 2. The Kier molecular flexibility index (Phi) is 5.26. The summed E-state index contributed by atoms with van der Waals surface area (Å²) >= 11 is 5.07. The van der Waals surface area contributed by atoms with E-state index >= 15 is 0 Å². The highest BCUT2D eigenvalue weighted by molar-refractivity contribution is 9.10. The van der Waals surface area contributed by atoms with Gasteiger partial charge >= 0.3 is 0 Å². The van der Waals surface area contributed by atoms with Gasteiger partial charge in [-0.15, -0.1) is 11.8 Å². The number of rotatable bonds is 4. The fourth-order valence-corrected chi connectivity index (χ4v) is 2.53. The Morgan fingerprint density at radius 1 is 1.10 bits per heavy atom. The molecule has 104 valence electrons. The number of hydrogen-bond donors (Lipinski definition) is 1. The summed E-state index contributed by atoms with van der Waals surface area (Å²) in [5.41, 5.74) is 1.77. The van der Waals surface area contributed by atoms with E-state index in [0.717, 1.165) is 14.9 Å². The Labute approximate surface area is 132 Å². The monoisotopic (exact) mass is 349 g/mol. The zero-order valence-corrected chi connectivity index (χ0v) is 13.8. The third-order valence-electron chi connectivity index (χ3n) is 3.07. The molecule has 0 fully saturated rings. The van der Waals surface area contributed by atoms with Crippen molar-refractivity contribution < 1.29 is 4.79 Å². The maximum Gasteiger partial charge on any atom is 0.251 e.